The van der Waals surface area contributed by atoms with Gasteiger partial charge in [-0.1, -0.05) is 0 Å². The van der Waals surface area contributed by atoms with Crippen LogP contribution in [0, 0.1) is 11.6 Å². The molecule has 29 heavy (non-hydrogen) atoms. The minimum atomic E-state index is -1.01. The monoisotopic (exact) mass is 394 g/mol. The fourth-order valence-corrected chi connectivity index (χ4v) is 3.28. The number of pyridine rings is 1. The molecule has 0 saturated carbocycles. The Bertz CT molecular complexity index is 1130. The number of anilines is 1. The van der Waals surface area contributed by atoms with Crippen molar-refractivity contribution in [3.8, 4) is 0 Å². The average molecular weight is 394 g/mol. The van der Waals surface area contributed by atoms with E-state index < -0.39 is 23.1 Å². The fourth-order valence-electron chi connectivity index (χ4n) is 3.28. The van der Waals surface area contributed by atoms with Gasteiger partial charge >= 0.3 is 0 Å². The number of amides is 1. The molecule has 0 spiro atoms. The second kappa shape index (κ2) is 7.01. The summed E-state index contributed by atoms with van der Waals surface area (Å²) < 4.78 is 27.7. The average Bonchev–Trinajstić information content (AvgIpc) is 2.69. The third-order valence-electron chi connectivity index (χ3n) is 4.71. The van der Waals surface area contributed by atoms with E-state index in [1.165, 1.54) is 30.6 Å². The molecule has 0 bridgehead atoms. The Hall–Kier alpha value is -3.75. The van der Waals surface area contributed by atoms with Crippen molar-refractivity contribution in [2.75, 3.05) is 5.32 Å². The summed E-state index contributed by atoms with van der Waals surface area (Å²) in [5, 5.41) is 2.64. The topological polar surface area (TPSA) is 106 Å². The van der Waals surface area contributed by atoms with Crippen LogP contribution in [-0.4, -0.2) is 26.7 Å². The second-order valence-electron chi connectivity index (χ2n) is 6.84. The lowest BCUT2D eigenvalue weighted by Gasteiger charge is -2.31. The lowest BCUT2D eigenvalue weighted by molar-refractivity contribution is 0.102. The summed E-state index contributed by atoms with van der Waals surface area (Å²) >= 11 is 0. The Morgan fingerprint density at radius 3 is 2.76 bits per heavy atom. The zero-order chi connectivity index (χ0) is 20.6. The maximum Gasteiger partial charge on any atom is 0.274 e. The first-order chi connectivity index (χ1) is 13.9. The predicted octanol–water partition coefficient (Wildman–Crippen LogP) is 2.58. The Balaban J connectivity index is 1.66. The van der Waals surface area contributed by atoms with Gasteiger partial charge < -0.3 is 11.1 Å². The van der Waals surface area contributed by atoms with Crippen molar-refractivity contribution in [3.63, 3.8) is 0 Å². The van der Waals surface area contributed by atoms with Gasteiger partial charge in [-0.3, -0.25) is 9.79 Å². The molecule has 1 amide bonds. The molecule has 1 aliphatic heterocycles. The van der Waals surface area contributed by atoms with Crippen molar-refractivity contribution < 1.29 is 13.6 Å². The van der Waals surface area contributed by atoms with Crippen molar-refractivity contribution in [1.82, 2.24) is 15.0 Å². The molecule has 3 N–H and O–H groups in total. The molecule has 0 fully saturated rings. The van der Waals surface area contributed by atoms with E-state index in [0.717, 1.165) is 12.3 Å². The van der Waals surface area contributed by atoms with Crippen molar-refractivity contribution >= 4 is 17.4 Å². The molecule has 3 aromatic rings. The van der Waals surface area contributed by atoms with Crippen LogP contribution < -0.4 is 11.1 Å². The Morgan fingerprint density at radius 1 is 1.17 bits per heavy atom. The van der Waals surface area contributed by atoms with Gasteiger partial charge in [0.1, 0.15) is 29.5 Å². The van der Waals surface area contributed by atoms with E-state index in [4.69, 9.17) is 5.73 Å². The number of aromatic nitrogens is 3. The van der Waals surface area contributed by atoms with Gasteiger partial charge in [-0.05, 0) is 37.3 Å². The Kier molecular flexibility index (Phi) is 4.50. The van der Waals surface area contributed by atoms with Gasteiger partial charge in [0.2, 0.25) is 0 Å². The van der Waals surface area contributed by atoms with E-state index in [9.17, 15) is 13.6 Å². The standard InChI is InChI=1S/C20H16F2N6O/c1-20(7-17-13(18(23)28-20)9-24-10-26-17)14-6-12(3-4-15(14)22)27-19(29)16-5-2-11(21)8-25-16/h2-6,8-10H,7H2,1H3,(H2,23,28)(H,27,29)/t20-/m0/s1. The van der Waals surface area contributed by atoms with Crippen LogP contribution >= 0.6 is 0 Å². The number of nitrogens with one attached hydrogen (secondary N) is 1. The quantitative estimate of drug-likeness (QED) is 0.710. The number of nitrogens with zero attached hydrogens (tertiary/aromatic N) is 4. The zero-order valence-electron chi connectivity index (χ0n) is 15.4. The summed E-state index contributed by atoms with van der Waals surface area (Å²) in [6.45, 7) is 1.75. The molecule has 1 atom stereocenters. The molecule has 7 nitrogen and oxygen atoms in total. The predicted molar refractivity (Wildman–Crippen MR) is 102 cm³/mol. The van der Waals surface area contributed by atoms with Gasteiger partial charge in [0.25, 0.3) is 5.91 Å². The summed E-state index contributed by atoms with van der Waals surface area (Å²) in [6, 6.07) is 6.57. The first-order valence-corrected chi connectivity index (χ1v) is 8.73. The number of carbonyl (C=O) groups excluding carboxylic acids is 1. The highest BCUT2D eigenvalue weighted by molar-refractivity contribution is 6.03. The maximum atomic E-state index is 14.7. The largest absolute Gasteiger partial charge is 0.383 e. The lowest BCUT2D eigenvalue weighted by atomic mass is 9.84. The molecule has 4 rings (SSSR count). The van der Waals surface area contributed by atoms with Crippen molar-refractivity contribution in [1.29, 1.82) is 0 Å². The van der Waals surface area contributed by atoms with Crippen molar-refractivity contribution in [2.24, 2.45) is 10.7 Å². The fraction of sp³-hybridized carbons (Fsp3) is 0.150. The minimum absolute atomic E-state index is 0.0362. The van der Waals surface area contributed by atoms with Crippen LogP contribution in [0.3, 0.4) is 0 Å². The molecule has 146 valence electrons. The molecule has 3 heterocycles. The maximum absolute atomic E-state index is 14.7. The molecular formula is C20H16F2N6O. The number of halogens is 2. The molecule has 0 aliphatic carbocycles. The van der Waals surface area contributed by atoms with Gasteiger partial charge in [-0.2, -0.15) is 0 Å². The number of amidine groups is 1. The highest BCUT2D eigenvalue weighted by Gasteiger charge is 2.35. The van der Waals surface area contributed by atoms with Gasteiger partial charge in [0.15, 0.2) is 0 Å². The Morgan fingerprint density at radius 2 is 2.00 bits per heavy atom. The molecule has 0 saturated heterocycles. The molecule has 9 heteroatoms. The van der Waals surface area contributed by atoms with E-state index >= 15 is 0 Å². The number of carbonyl (C=O) groups is 1. The van der Waals surface area contributed by atoms with Gasteiger partial charge in [-0.25, -0.2) is 23.7 Å². The first kappa shape index (κ1) is 18.6. The number of nitrogens with two attached hydrogens (primary N) is 1. The number of benzene rings is 1. The van der Waals surface area contributed by atoms with Gasteiger partial charge in [-0.15, -0.1) is 0 Å². The number of hydrogen-bond donors (Lipinski definition) is 2. The van der Waals surface area contributed by atoms with Crippen molar-refractivity contribution in [3.05, 3.63) is 83.2 Å². The third-order valence-corrected chi connectivity index (χ3v) is 4.71. The summed E-state index contributed by atoms with van der Waals surface area (Å²) in [5.41, 5.74) is 6.98. The van der Waals surface area contributed by atoms with Crippen LogP contribution in [-0.2, 0) is 12.0 Å². The summed E-state index contributed by atoms with van der Waals surface area (Å²) in [4.78, 5) is 28.7. The van der Waals surface area contributed by atoms with E-state index in [2.05, 4.69) is 25.3 Å². The van der Waals surface area contributed by atoms with Gasteiger partial charge in [0, 0.05) is 23.9 Å². The van der Waals surface area contributed by atoms with Gasteiger partial charge in [0.05, 0.1) is 23.0 Å². The molecule has 1 aliphatic rings. The smallest absolute Gasteiger partial charge is 0.274 e. The summed E-state index contributed by atoms with van der Waals surface area (Å²) in [7, 11) is 0. The number of fused-ring (bicyclic) bond motifs is 1. The molecule has 1 aromatic carbocycles. The molecule has 2 aromatic heterocycles. The van der Waals surface area contributed by atoms with E-state index in [-0.39, 0.29) is 17.1 Å². The molecule has 0 unspecified atom stereocenters. The van der Waals surface area contributed by atoms with Crippen LogP contribution in [0.2, 0.25) is 0 Å². The van der Waals surface area contributed by atoms with Crippen LogP contribution in [0.25, 0.3) is 0 Å². The van der Waals surface area contributed by atoms with E-state index in [1.807, 2.05) is 0 Å². The molecular weight excluding hydrogens is 378 g/mol. The van der Waals surface area contributed by atoms with E-state index in [1.54, 1.807) is 13.1 Å². The first-order valence-electron chi connectivity index (χ1n) is 8.73. The highest BCUT2D eigenvalue weighted by Crippen LogP contribution is 2.36. The SMILES string of the molecule is C[C@@]1(c2cc(NC(=O)c3ccc(F)cn3)ccc2F)Cc2ncncc2C(N)=N1. The summed E-state index contributed by atoms with van der Waals surface area (Å²) in [6.07, 6.45) is 4.24. The minimum Gasteiger partial charge on any atom is -0.383 e. The third kappa shape index (κ3) is 3.54. The van der Waals surface area contributed by atoms with Crippen LogP contribution in [0.5, 0.6) is 0 Å². The number of aliphatic imine (C=N–C) groups is 1. The number of rotatable bonds is 3. The van der Waals surface area contributed by atoms with Crippen molar-refractivity contribution in [2.45, 2.75) is 18.9 Å². The van der Waals surface area contributed by atoms with Crippen LogP contribution in [0.1, 0.15) is 34.2 Å². The van der Waals surface area contributed by atoms with Crippen LogP contribution in [0.4, 0.5) is 14.5 Å². The normalized spacial score (nSPS) is 18.0. The second-order valence-corrected chi connectivity index (χ2v) is 6.84. The lowest BCUT2D eigenvalue weighted by Crippen LogP contribution is -2.35. The van der Waals surface area contributed by atoms with Crippen LogP contribution in [0.15, 0.2) is 54.0 Å². The Labute approximate surface area is 164 Å². The zero-order valence-corrected chi connectivity index (χ0v) is 15.4. The number of hydrogen-bond acceptors (Lipinski definition) is 6. The molecule has 0 radical (unpaired) electrons. The highest BCUT2D eigenvalue weighted by atomic mass is 19.1. The summed E-state index contributed by atoms with van der Waals surface area (Å²) in [5.74, 6) is -1.36. The van der Waals surface area contributed by atoms with E-state index in [0.29, 0.717) is 23.4 Å².